The Morgan fingerprint density at radius 1 is 1.29 bits per heavy atom. The Bertz CT molecular complexity index is 476. The average molecular weight is 305 g/mol. The van der Waals surface area contributed by atoms with E-state index in [-0.39, 0.29) is 0 Å². The van der Waals surface area contributed by atoms with E-state index in [1.165, 1.54) is 55.4 Å². The number of ether oxygens (including phenoxy) is 1. The van der Waals surface area contributed by atoms with Crippen LogP contribution >= 0.6 is 11.8 Å². The first-order valence-electron chi connectivity index (χ1n) is 8.34. The Labute approximate surface area is 133 Å². The summed E-state index contributed by atoms with van der Waals surface area (Å²) in [6.45, 7) is 2.27. The molecule has 3 rings (SSSR count). The number of aryl methyl sites for hydroxylation is 1. The van der Waals surface area contributed by atoms with Crippen LogP contribution in [0.15, 0.2) is 18.2 Å². The average Bonchev–Trinajstić information content (AvgIpc) is 2.94. The van der Waals surface area contributed by atoms with E-state index < -0.39 is 0 Å². The molecule has 0 aliphatic heterocycles. The first-order chi connectivity index (χ1) is 10.3. The fraction of sp³-hybridized carbons (Fsp3) is 0.667. The lowest BCUT2D eigenvalue weighted by atomic mass is 9.87. The van der Waals surface area contributed by atoms with Gasteiger partial charge in [0.1, 0.15) is 5.75 Å². The highest BCUT2D eigenvalue weighted by Crippen LogP contribution is 2.35. The van der Waals surface area contributed by atoms with E-state index in [0.29, 0.717) is 12.1 Å². The Morgan fingerprint density at radius 3 is 3.00 bits per heavy atom. The van der Waals surface area contributed by atoms with Gasteiger partial charge in [-0.25, -0.2) is 0 Å². The molecule has 1 aromatic carbocycles. The van der Waals surface area contributed by atoms with Crippen LogP contribution in [0, 0.1) is 0 Å². The van der Waals surface area contributed by atoms with Crippen molar-refractivity contribution in [2.24, 2.45) is 0 Å². The van der Waals surface area contributed by atoms with Gasteiger partial charge in [-0.1, -0.05) is 13.0 Å². The minimum Gasteiger partial charge on any atom is -0.497 e. The van der Waals surface area contributed by atoms with Crippen molar-refractivity contribution in [1.82, 2.24) is 5.32 Å². The van der Waals surface area contributed by atoms with Crippen molar-refractivity contribution in [1.29, 1.82) is 0 Å². The van der Waals surface area contributed by atoms with Crippen LogP contribution in [0.4, 0.5) is 0 Å². The second-order valence-corrected chi connectivity index (χ2v) is 7.84. The summed E-state index contributed by atoms with van der Waals surface area (Å²) in [4.78, 5) is 0. The topological polar surface area (TPSA) is 21.3 Å². The first-order valence-corrected chi connectivity index (χ1v) is 9.39. The summed E-state index contributed by atoms with van der Waals surface area (Å²) >= 11 is 2.14. The number of nitrogens with one attached hydrogen (secondary N) is 1. The predicted molar refractivity (Wildman–Crippen MR) is 91.4 cm³/mol. The number of benzene rings is 1. The van der Waals surface area contributed by atoms with Gasteiger partial charge in [-0.2, -0.15) is 11.8 Å². The standard InChI is InChI=1S/C18H27NOS/c1-3-21-16-9-7-14(12-16)19-18-6-4-5-13-11-15(20-2)8-10-17(13)18/h8,10-11,14,16,18-19H,3-7,9,12H2,1-2H3. The quantitative estimate of drug-likeness (QED) is 0.874. The third-order valence-corrected chi connectivity index (χ3v) is 6.12. The van der Waals surface area contributed by atoms with E-state index in [2.05, 4.69) is 42.2 Å². The van der Waals surface area contributed by atoms with Crippen LogP contribution in [0.2, 0.25) is 0 Å². The number of fused-ring (bicyclic) bond motifs is 1. The maximum absolute atomic E-state index is 5.37. The molecule has 3 unspecified atom stereocenters. The monoisotopic (exact) mass is 305 g/mol. The van der Waals surface area contributed by atoms with E-state index in [4.69, 9.17) is 4.74 Å². The molecule has 3 heteroatoms. The molecule has 1 aromatic rings. The number of rotatable bonds is 5. The molecule has 1 N–H and O–H groups in total. The fourth-order valence-corrected chi connectivity index (χ4v) is 5.00. The van der Waals surface area contributed by atoms with Crippen LogP contribution in [0.3, 0.4) is 0 Å². The van der Waals surface area contributed by atoms with Gasteiger partial charge < -0.3 is 10.1 Å². The zero-order valence-electron chi connectivity index (χ0n) is 13.2. The molecule has 0 radical (unpaired) electrons. The smallest absolute Gasteiger partial charge is 0.119 e. The zero-order chi connectivity index (χ0) is 14.7. The van der Waals surface area contributed by atoms with Crippen LogP contribution in [-0.2, 0) is 6.42 Å². The van der Waals surface area contributed by atoms with Crippen molar-refractivity contribution in [3.05, 3.63) is 29.3 Å². The molecule has 0 spiro atoms. The van der Waals surface area contributed by atoms with E-state index in [9.17, 15) is 0 Å². The first kappa shape index (κ1) is 15.2. The van der Waals surface area contributed by atoms with Gasteiger partial charge in [0.2, 0.25) is 0 Å². The van der Waals surface area contributed by atoms with Crippen LogP contribution in [0.5, 0.6) is 5.75 Å². The lowest BCUT2D eigenvalue weighted by molar-refractivity contribution is 0.392. The van der Waals surface area contributed by atoms with Crippen molar-refractivity contribution in [3.63, 3.8) is 0 Å². The van der Waals surface area contributed by atoms with Crippen LogP contribution < -0.4 is 10.1 Å². The van der Waals surface area contributed by atoms with E-state index in [1.54, 1.807) is 7.11 Å². The lowest BCUT2D eigenvalue weighted by Crippen LogP contribution is -2.33. The Balaban J connectivity index is 1.65. The second-order valence-electron chi connectivity index (χ2n) is 6.26. The Kier molecular flexibility index (Phi) is 5.12. The second kappa shape index (κ2) is 7.06. The molecule has 1 saturated carbocycles. The van der Waals surface area contributed by atoms with Gasteiger partial charge in [0.05, 0.1) is 7.11 Å². The number of thioether (sulfide) groups is 1. The summed E-state index contributed by atoms with van der Waals surface area (Å²) in [7, 11) is 1.75. The third-order valence-electron chi connectivity index (χ3n) is 4.89. The van der Waals surface area contributed by atoms with Gasteiger partial charge in [-0.05, 0) is 67.5 Å². The molecule has 0 heterocycles. The van der Waals surface area contributed by atoms with Gasteiger partial charge in [-0.15, -0.1) is 0 Å². The highest BCUT2D eigenvalue weighted by molar-refractivity contribution is 7.99. The normalized spacial score (nSPS) is 28.4. The Morgan fingerprint density at radius 2 is 2.19 bits per heavy atom. The van der Waals surface area contributed by atoms with Gasteiger partial charge in [-0.3, -0.25) is 0 Å². The highest BCUT2D eigenvalue weighted by Gasteiger charge is 2.28. The molecule has 0 aromatic heterocycles. The lowest BCUT2D eigenvalue weighted by Gasteiger charge is -2.29. The molecule has 2 nitrogen and oxygen atoms in total. The summed E-state index contributed by atoms with van der Waals surface area (Å²) in [5, 5.41) is 4.83. The van der Waals surface area contributed by atoms with Crippen LogP contribution in [0.25, 0.3) is 0 Å². The van der Waals surface area contributed by atoms with Crippen molar-refractivity contribution in [2.75, 3.05) is 12.9 Å². The molecule has 2 aliphatic rings. The number of methoxy groups -OCH3 is 1. The largest absolute Gasteiger partial charge is 0.497 e. The molecule has 116 valence electrons. The number of hydrogen-bond donors (Lipinski definition) is 1. The molecule has 0 bridgehead atoms. The minimum absolute atomic E-state index is 0.551. The molecule has 1 fully saturated rings. The van der Waals surface area contributed by atoms with Crippen LogP contribution in [0.1, 0.15) is 56.2 Å². The molecule has 21 heavy (non-hydrogen) atoms. The molecule has 0 saturated heterocycles. The Hall–Kier alpha value is -0.670. The van der Waals surface area contributed by atoms with Crippen molar-refractivity contribution >= 4 is 11.8 Å². The molecule has 3 atom stereocenters. The van der Waals surface area contributed by atoms with Gasteiger partial charge >= 0.3 is 0 Å². The summed E-state index contributed by atoms with van der Waals surface area (Å²) in [5.74, 6) is 2.25. The predicted octanol–water partition coefficient (Wildman–Crippen LogP) is 4.34. The molecular weight excluding hydrogens is 278 g/mol. The summed E-state index contributed by atoms with van der Waals surface area (Å²) in [6.07, 6.45) is 7.85. The number of hydrogen-bond acceptors (Lipinski definition) is 3. The van der Waals surface area contributed by atoms with Crippen molar-refractivity contribution in [2.45, 2.75) is 62.8 Å². The van der Waals surface area contributed by atoms with Crippen LogP contribution in [-0.4, -0.2) is 24.2 Å². The molecule has 0 amide bonds. The van der Waals surface area contributed by atoms with E-state index in [0.717, 1.165) is 11.0 Å². The van der Waals surface area contributed by atoms with Gasteiger partial charge in [0.15, 0.2) is 0 Å². The van der Waals surface area contributed by atoms with Crippen molar-refractivity contribution < 1.29 is 4.74 Å². The SMILES string of the molecule is CCSC1CCC(NC2CCCc3cc(OC)ccc32)C1. The van der Waals surface area contributed by atoms with Gasteiger partial charge in [0.25, 0.3) is 0 Å². The van der Waals surface area contributed by atoms with E-state index >= 15 is 0 Å². The van der Waals surface area contributed by atoms with Crippen molar-refractivity contribution in [3.8, 4) is 5.75 Å². The molecular formula is C18H27NOS. The maximum atomic E-state index is 5.37. The highest BCUT2D eigenvalue weighted by atomic mass is 32.2. The van der Waals surface area contributed by atoms with Gasteiger partial charge in [0, 0.05) is 17.3 Å². The summed E-state index contributed by atoms with van der Waals surface area (Å²) in [6, 6.07) is 7.89. The molecule has 2 aliphatic carbocycles. The third kappa shape index (κ3) is 3.57. The fourth-order valence-electron chi connectivity index (χ4n) is 3.85. The zero-order valence-corrected chi connectivity index (χ0v) is 14.0. The minimum atomic E-state index is 0.551. The summed E-state index contributed by atoms with van der Waals surface area (Å²) in [5.41, 5.74) is 2.99. The van der Waals surface area contributed by atoms with E-state index in [1.807, 2.05) is 0 Å². The maximum Gasteiger partial charge on any atom is 0.119 e. The summed E-state index contributed by atoms with van der Waals surface area (Å²) < 4.78 is 5.37.